The molecule has 0 bridgehead atoms. The van der Waals surface area contributed by atoms with E-state index in [0.29, 0.717) is 22.6 Å². The number of anilines is 2. The van der Waals surface area contributed by atoms with E-state index in [1.807, 2.05) is 19.1 Å². The van der Waals surface area contributed by atoms with Gasteiger partial charge < -0.3 is 15.4 Å². The second-order valence-electron chi connectivity index (χ2n) is 6.82. The fraction of sp³-hybridized carbons (Fsp3) is 0.261. The van der Waals surface area contributed by atoms with Crippen molar-refractivity contribution in [3.63, 3.8) is 0 Å². The van der Waals surface area contributed by atoms with Crippen molar-refractivity contribution in [3.8, 4) is 0 Å². The number of amides is 3. The highest BCUT2D eigenvalue weighted by Crippen LogP contribution is 2.11. The Labute approximate surface area is 186 Å². The van der Waals surface area contributed by atoms with E-state index in [1.165, 1.54) is 0 Å². The van der Waals surface area contributed by atoms with Gasteiger partial charge in [0.1, 0.15) is 0 Å². The second-order valence-corrected chi connectivity index (χ2v) is 6.82. The lowest BCUT2D eigenvalue weighted by molar-refractivity contribution is -0.136. The molecule has 0 unspecified atom stereocenters. The van der Waals surface area contributed by atoms with Crippen LogP contribution in [0.2, 0.25) is 0 Å². The van der Waals surface area contributed by atoms with Crippen LogP contribution in [-0.4, -0.2) is 36.0 Å². The average Bonchev–Trinajstić information content (AvgIpc) is 2.78. The van der Waals surface area contributed by atoms with Gasteiger partial charge in [0.25, 0.3) is 0 Å². The number of esters is 1. The smallest absolute Gasteiger partial charge is 0.338 e. The van der Waals surface area contributed by atoms with Crippen molar-refractivity contribution in [2.24, 2.45) is 5.10 Å². The molecule has 3 N–H and O–H groups in total. The number of carbonyl (C=O) groups excluding carboxylic acids is 4. The zero-order chi connectivity index (χ0) is 23.5. The maximum absolute atomic E-state index is 12.1. The monoisotopic (exact) mass is 438 g/mol. The molecule has 0 radical (unpaired) electrons. The van der Waals surface area contributed by atoms with Crippen molar-refractivity contribution in [1.82, 2.24) is 5.43 Å². The second kappa shape index (κ2) is 12.0. The molecule has 0 heterocycles. The highest BCUT2D eigenvalue weighted by atomic mass is 16.5. The largest absolute Gasteiger partial charge is 0.462 e. The Morgan fingerprint density at radius 1 is 0.844 bits per heavy atom. The molecule has 9 heteroatoms. The molecular formula is C23H26N4O5. The molecule has 0 aliphatic carbocycles. The van der Waals surface area contributed by atoms with Crippen molar-refractivity contribution < 1.29 is 23.9 Å². The Morgan fingerprint density at radius 2 is 1.44 bits per heavy atom. The zero-order valence-corrected chi connectivity index (χ0v) is 18.2. The average molecular weight is 438 g/mol. The van der Waals surface area contributed by atoms with Crippen LogP contribution in [0.5, 0.6) is 0 Å². The number of nitrogens with zero attached hydrogens (tertiary/aromatic N) is 1. The van der Waals surface area contributed by atoms with E-state index in [2.05, 4.69) is 21.2 Å². The standard InChI is InChI=1S/C23H26N4O5/c1-4-16-6-10-19(11-7-16)25-21(29)22(30)27-26-15(3)14-20(28)24-18-12-8-17(9-13-18)23(31)32-5-2/h6-13H,4-5,14H2,1-3H3,(H,24,28)(H,25,29)(H,27,30)/b26-15+. The maximum Gasteiger partial charge on any atom is 0.338 e. The highest BCUT2D eigenvalue weighted by Gasteiger charge is 2.14. The molecule has 168 valence electrons. The summed E-state index contributed by atoms with van der Waals surface area (Å²) in [7, 11) is 0. The van der Waals surface area contributed by atoms with Crippen molar-refractivity contribution in [2.75, 3.05) is 17.2 Å². The first-order chi connectivity index (χ1) is 15.3. The molecule has 0 aliphatic rings. The summed E-state index contributed by atoms with van der Waals surface area (Å²) in [6, 6.07) is 13.4. The molecule has 0 saturated carbocycles. The summed E-state index contributed by atoms with van der Waals surface area (Å²) in [5.74, 6) is -2.62. The van der Waals surface area contributed by atoms with E-state index >= 15 is 0 Å². The maximum atomic E-state index is 12.1. The van der Waals surface area contributed by atoms with E-state index < -0.39 is 17.8 Å². The van der Waals surface area contributed by atoms with E-state index in [9.17, 15) is 19.2 Å². The van der Waals surface area contributed by atoms with E-state index in [1.54, 1.807) is 50.2 Å². The topological polar surface area (TPSA) is 126 Å². The molecular weight excluding hydrogens is 412 g/mol. The van der Waals surface area contributed by atoms with Crippen LogP contribution in [0.4, 0.5) is 11.4 Å². The molecule has 0 spiro atoms. The number of aryl methyl sites for hydroxylation is 1. The lowest BCUT2D eigenvalue weighted by Gasteiger charge is -2.07. The van der Waals surface area contributed by atoms with E-state index in [0.717, 1.165) is 12.0 Å². The fourth-order valence-corrected chi connectivity index (χ4v) is 2.59. The van der Waals surface area contributed by atoms with Gasteiger partial charge in [-0.3, -0.25) is 14.4 Å². The first-order valence-electron chi connectivity index (χ1n) is 10.1. The Hall–Kier alpha value is -4.01. The number of nitrogens with one attached hydrogen (secondary N) is 3. The Balaban J connectivity index is 1.81. The number of hydrogen-bond donors (Lipinski definition) is 3. The third kappa shape index (κ3) is 7.67. The third-order valence-corrected chi connectivity index (χ3v) is 4.27. The van der Waals surface area contributed by atoms with Crippen LogP contribution in [0, 0.1) is 0 Å². The van der Waals surface area contributed by atoms with Crippen LogP contribution in [0.15, 0.2) is 53.6 Å². The predicted molar refractivity (Wildman–Crippen MR) is 121 cm³/mol. The van der Waals surface area contributed by atoms with Gasteiger partial charge >= 0.3 is 17.8 Å². The number of ether oxygens (including phenoxy) is 1. The first kappa shape index (κ1) is 24.3. The fourth-order valence-electron chi connectivity index (χ4n) is 2.59. The third-order valence-electron chi connectivity index (χ3n) is 4.27. The summed E-state index contributed by atoms with van der Waals surface area (Å²) < 4.78 is 4.90. The number of hydrogen-bond acceptors (Lipinski definition) is 6. The Morgan fingerprint density at radius 3 is 2.03 bits per heavy atom. The van der Waals surface area contributed by atoms with E-state index in [-0.39, 0.29) is 18.9 Å². The van der Waals surface area contributed by atoms with Crippen molar-refractivity contribution in [1.29, 1.82) is 0 Å². The molecule has 32 heavy (non-hydrogen) atoms. The van der Waals surface area contributed by atoms with Crippen LogP contribution < -0.4 is 16.1 Å². The van der Waals surface area contributed by atoms with Gasteiger partial charge in [-0.05, 0) is 62.2 Å². The predicted octanol–water partition coefficient (Wildman–Crippen LogP) is 2.89. The molecule has 9 nitrogen and oxygen atoms in total. The molecule has 0 atom stereocenters. The Bertz CT molecular complexity index is 998. The summed E-state index contributed by atoms with van der Waals surface area (Å²) >= 11 is 0. The van der Waals surface area contributed by atoms with E-state index in [4.69, 9.17) is 4.74 Å². The van der Waals surface area contributed by atoms with Crippen LogP contribution in [0.3, 0.4) is 0 Å². The number of rotatable bonds is 8. The minimum Gasteiger partial charge on any atom is -0.462 e. The molecule has 0 fully saturated rings. The highest BCUT2D eigenvalue weighted by molar-refractivity contribution is 6.39. The SMILES string of the molecule is CCOC(=O)c1ccc(NC(=O)C/C(C)=N/NC(=O)C(=O)Nc2ccc(CC)cc2)cc1. The zero-order valence-electron chi connectivity index (χ0n) is 18.2. The van der Waals surface area contributed by atoms with Crippen molar-refractivity contribution >= 4 is 40.8 Å². The van der Waals surface area contributed by atoms with Crippen LogP contribution in [-0.2, 0) is 25.5 Å². The van der Waals surface area contributed by atoms with Crippen LogP contribution in [0.1, 0.15) is 43.1 Å². The summed E-state index contributed by atoms with van der Waals surface area (Å²) in [5.41, 5.74) is 4.92. The first-order valence-corrected chi connectivity index (χ1v) is 10.1. The molecule has 0 saturated heterocycles. The van der Waals surface area contributed by atoms with Gasteiger partial charge in [0.05, 0.1) is 18.6 Å². The van der Waals surface area contributed by atoms with Gasteiger partial charge in [0.2, 0.25) is 5.91 Å². The molecule has 3 amide bonds. The summed E-state index contributed by atoms with van der Waals surface area (Å²) in [4.78, 5) is 47.7. The van der Waals surface area contributed by atoms with Gasteiger partial charge in [-0.2, -0.15) is 5.10 Å². The summed E-state index contributed by atoms with van der Waals surface area (Å²) in [5, 5.41) is 8.93. The number of carbonyl (C=O) groups is 4. The Kier molecular flexibility index (Phi) is 9.09. The summed E-state index contributed by atoms with van der Waals surface area (Å²) in [6.45, 7) is 5.56. The van der Waals surface area contributed by atoms with Crippen molar-refractivity contribution in [3.05, 3.63) is 59.7 Å². The molecule has 2 rings (SSSR count). The number of hydrazone groups is 1. The lowest BCUT2D eigenvalue weighted by atomic mass is 10.1. The van der Waals surface area contributed by atoms with Crippen LogP contribution >= 0.6 is 0 Å². The normalized spacial score (nSPS) is 10.8. The molecule has 0 aromatic heterocycles. The van der Waals surface area contributed by atoms with Gasteiger partial charge in [0, 0.05) is 17.1 Å². The lowest BCUT2D eigenvalue weighted by Crippen LogP contribution is -2.33. The van der Waals surface area contributed by atoms with Gasteiger partial charge in [-0.15, -0.1) is 0 Å². The van der Waals surface area contributed by atoms with Crippen molar-refractivity contribution in [2.45, 2.75) is 33.6 Å². The van der Waals surface area contributed by atoms with Gasteiger partial charge in [-0.1, -0.05) is 19.1 Å². The van der Waals surface area contributed by atoms with Gasteiger partial charge in [0.15, 0.2) is 0 Å². The minimum atomic E-state index is -0.945. The number of benzene rings is 2. The quantitative estimate of drug-likeness (QED) is 0.253. The van der Waals surface area contributed by atoms with Gasteiger partial charge in [-0.25, -0.2) is 10.2 Å². The minimum absolute atomic E-state index is 0.0972. The molecule has 2 aromatic carbocycles. The molecule has 0 aliphatic heterocycles. The molecule has 2 aromatic rings. The van der Waals surface area contributed by atoms with Crippen LogP contribution in [0.25, 0.3) is 0 Å². The summed E-state index contributed by atoms with van der Waals surface area (Å²) in [6.07, 6.45) is 0.773.